The maximum absolute atomic E-state index is 12.8. The summed E-state index contributed by atoms with van der Waals surface area (Å²) in [6, 6.07) is 0. The van der Waals surface area contributed by atoms with Crippen LogP contribution in [0.25, 0.3) is 0 Å². The molecule has 0 saturated heterocycles. The number of phosphoric acid groups is 1. The Morgan fingerprint density at radius 1 is 0.508 bits per heavy atom. The third-order valence-electron chi connectivity index (χ3n) is 11.0. The van der Waals surface area contributed by atoms with Crippen molar-refractivity contribution >= 4 is 19.8 Å². The zero-order valence-corrected chi connectivity index (χ0v) is 38.6. The molecule has 0 bridgehead atoms. The molecule has 1 saturated carbocycles. The number of hydrogen-bond acceptors (Lipinski definition) is 12. The van der Waals surface area contributed by atoms with Gasteiger partial charge in [0, 0.05) is 12.8 Å². The van der Waals surface area contributed by atoms with E-state index in [2.05, 4.69) is 50.3 Å². The van der Waals surface area contributed by atoms with Crippen LogP contribution in [0.2, 0.25) is 0 Å². The highest BCUT2D eigenvalue weighted by Gasteiger charge is 2.51. The van der Waals surface area contributed by atoms with E-state index >= 15 is 0 Å². The number of aliphatic hydroxyl groups is 5. The lowest BCUT2D eigenvalue weighted by Crippen LogP contribution is -2.64. The van der Waals surface area contributed by atoms with E-state index in [9.17, 15) is 44.6 Å². The van der Waals surface area contributed by atoms with Crippen molar-refractivity contribution in [3.8, 4) is 0 Å². The van der Waals surface area contributed by atoms with E-state index in [1.165, 1.54) is 83.5 Å². The van der Waals surface area contributed by atoms with Gasteiger partial charge in [-0.3, -0.25) is 18.6 Å². The molecule has 0 heterocycles. The van der Waals surface area contributed by atoms with Gasteiger partial charge in [0.15, 0.2) is 6.10 Å². The molecule has 6 unspecified atom stereocenters. The molecule has 0 spiro atoms. The molecule has 0 aromatic rings. The molecule has 0 aliphatic heterocycles. The van der Waals surface area contributed by atoms with E-state index in [1.807, 2.05) is 0 Å². The lowest BCUT2D eigenvalue weighted by atomic mass is 9.85. The van der Waals surface area contributed by atoms with Crippen molar-refractivity contribution in [1.82, 2.24) is 0 Å². The molecule has 6 atom stereocenters. The van der Waals surface area contributed by atoms with Crippen LogP contribution >= 0.6 is 7.82 Å². The maximum atomic E-state index is 12.8. The Morgan fingerprint density at radius 2 is 0.885 bits per heavy atom. The van der Waals surface area contributed by atoms with Gasteiger partial charge in [-0.15, -0.1) is 0 Å². The minimum atomic E-state index is -5.12. The van der Waals surface area contributed by atoms with Crippen LogP contribution in [0, 0.1) is 0 Å². The fourth-order valence-corrected chi connectivity index (χ4v) is 8.09. The third-order valence-corrected chi connectivity index (χ3v) is 12.0. The third kappa shape index (κ3) is 30.0. The van der Waals surface area contributed by atoms with E-state index in [-0.39, 0.29) is 12.8 Å². The van der Waals surface area contributed by atoms with Crippen LogP contribution in [-0.2, 0) is 32.7 Å². The van der Waals surface area contributed by atoms with Crippen molar-refractivity contribution in [1.29, 1.82) is 0 Å². The molecule has 0 aromatic carbocycles. The van der Waals surface area contributed by atoms with Gasteiger partial charge in [-0.1, -0.05) is 166 Å². The summed E-state index contributed by atoms with van der Waals surface area (Å²) in [5.74, 6) is -1.12. The Morgan fingerprint density at radius 3 is 1.38 bits per heavy atom. The molecular weight excluding hydrogens is 803 g/mol. The van der Waals surface area contributed by atoms with Gasteiger partial charge in [-0.2, -0.15) is 0 Å². The second kappa shape index (κ2) is 37.4. The van der Waals surface area contributed by atoms with E-state index < -0.39 is 75.7 Å². The molecule has 1 aliphatic rings. The summed E-state index contributed by atoms with van der Waals surface area (Å²) in [6.45, 7) is 3.26. The first-order chi connectivity index (χ1) is 29.4. The molecule has 14 heteroatoms. The Labute approximate surface area is 368 Å². The quantitative estimate of drug-likeness (QED) is 0.0147. The molecule has 1 rings (SSSR count). The molecular formula is C47H85O13P. The summed E-state index contributed by atoms with van der Waals surface area (Å²) < 4.78 is 33.5. The van der Waals surface area contributed by atoms with Gasteiger partial charge in [0.25, 0.3) is 0 Å². The Kier molecular flexibility index (Phi) is 35.0. The molecule has 13 nitrogen and oxygen atoms in total. The first-order valence-electron chi connectivity index (χ1n) is 23.8. The summed E-state index contributed by atoms with van der Waals surface area (Å²) in [5.41, 5.74) is 0. The van der Waals surface area contributed by atoms with Crippen LogP contribution in [0.4, 0.5) is 0 Å². The van der Waals surface area contributed by atoms with Gasteiger partial charge in [0.05, 0.1) is 6.61 Å². The van der Waals surface area contributed by atoms with Gasteiger partial charge in [0.1, 0.15) is 43.2 Å². The lowest BCUT2D eigenvalue weighted by molar-refractivity contribution is -0.220. The first-order valence-corrected chi connectivity index (χ1v) is 25.3. The van der Waals surface area contributed by atoms with Crippen molar-refractivity contribution in [3.63, 3.8) is 0 Å². The molecule has 1 aliphatic carbocycles. The normalized spacial score (nSPS) is 22.3. The molecule has 1 fully saturated rings. The minimum absolute atomic E-state index is 0.0945. The number of rotatable bonds is 39. The largest absolute Gasteiger partial charge is 0.472 e. The summed E-state index contributed by atoms with van der Waals surface area (Å²) in [7, 11) is -5.12. The zero-order valence-electron chi connectivity index (χ0n) is 37.7. The average Bonchev–Trinajstić information content (AvgIpc) is 3.24. The van der Waals surface area contributed by atoms with E-state index in [0.717, 1.165) is 70.6 Å². The van der Waals surface area contributed by atoms with Gasteiger partial charge < -0.3 is 39.9 Å². The van der Waals surface area contributed by atoms with Gasteiger partial charge in [-0.25, -0.2) is 4.57 Å². The fraction of sp³-hybridized carbons (Fsp3) is 0.830. The highest BCUT2D eigenvalue weighted by Crippen LogP contribution is 2.47. The van der Waals surface area contributed by atoms with Crippen molar-refractivity contribution in [2.24, 2.45) is 0 Å². The van der Waals surface area contributed by atoms with Crippen LogP contribution in [0.15, 0.2) is 36.5 Å². The summed E-state index contributed by atoms with van der Waals surface area (Å²) in [6.07, 6.45) is 29.0. The first kappa shape index (κ1) is 57.1. The molecule has 0 amide bonds. The number of esters is 2. The monoisotopic (exact) mass is 889 g/mol. The number of ether oxygens (including phenoxy) is 2. The van der Waals surface area contributed by atoms with Crippen molar-refractivity contribution in [2.75, 3.05) is 13.2 Å². The van der Waals surface area contributed by atoms with Crippen molar-refractivity contribution in [3.05, 3.63) is 36.5 Å². The van der Waals surface area contributed by atoms with Crippen molar-refractivity contribution in [2.45, 2.75) is 236 Å². The standard InChI is InChI=1S/C47H85O13P/c1-3-5-7-9-11-13-15-17-19-20-22-23-25-27-29-31-33-35-40(48)57-37-39(38-58-61(55,56)60-47-45(53)43(51)42(50)44(52)46(47)54)59-41(49)36-34-32-30-28-26-24-21-18-16-14-12-10-8-6-4-2/h11,13,17,19,22-23,39,42-47,50-54H,3-10,12,14-16,18,20-21,24-38H2,1-2H3,(H,55,56). The topological polar surface area (TPSA) is 210 Å². The number of allylic oxidation sites excluding steroid dienone is 6. The predicted molar refractivity (Wildman–Crippen MR) is 240 cm³/mol. The Hall–Kier alpha value is -1.93. The highest BCUT2D eigenvalue weighted by molar-refractivity contribution is 7.47. The van der Waals surface area contributed by atoms with Crippen molar-refractivity contribution < 1.29 is 63.1 Å². The second-order valence-corrected chi connectivity index (χ2v) is 18.0. The van der Waals surface area contributed by atoms with E-state index in [1.54, 1.807) is 0 Å². The zero-order chi connectivity index (χ0) is 45.0. The number of unbranched alkanes of at least 4 members (excludes halogenated alkanes) is 21. The predicted octanol–water partition coefficient (Wildman–Crippen LogP) is 9.39. The molecule has 0 radical (unpaired) electrons. The molecule has 356 valence electrons. The number of carbonyl (C=O) groups is 2. The smallest absolute Gasteiger partial charge is 0.462 e. The van der Waals surface area contributed by atoms with Gasteiger partial charge in [-0.05, 0) is 51.4 Å². The highest BCUT2D eigenvalue weighted by atomic mass is 31.2. The Balaban J connectivity index is 2.46. The number of aliphatic hydroxyl groups excluding tert-OH is 5. The average molecular weight is 889 g/mol. The lowest BCUT2D eigenvalue weighted by Gasteiger charge is -2.41. The maximum Gasteiger partial charge on any atom is 0.472 e. The fourth-order valence-electron chi connectivity index (χ4n) is 7.12. The van der Waals surface area contributed by atoms with E-state index in [4.69, 9.17) is 18.5 Å². The molecule has 0 aromatic heterocycles. The number of carbonyl (C=O) groups excluding carboxylic acids is 2. The van der Waals surface area contributed by atoms with Crippen LogP contribution in [0.1, 0.15) is 194 Å². The van der Waals surface area contributed by atoms with Gasteiger partial charge >= 0.3 is 19.8 Å². The summed E-state index contributed by atoms with van der Waals surface area (Å²) in [4.78, 5) is 35.7. The molecule has 61 heavy (non-hydrogen) atoms. The molecule has 6 N–H and O–H groups in total. The second-order valence-electron chi connectivity index (χ2n) is 16.6. The van der Waals surface area contributed by atoms with Gasteiger partial charge in [0.2, 0.25) is 0 Å². The SMILES string of the molecule is CCCCCC=CCC=CCC=CCCCCCCC(=O)OCC(COP(=O)(O)OC1C(O)C(O)C(O)C(O)C1O)OC(=O)CCCCCCCCCCCCCCCCC. The number of phosphoric ester groups is 1. The summed E-state index contributed by atoms with van der Waals surface area (Å²) in [5, 5.41) is 50.2. The Bertz CT molecular complexity index is 1210. The van der Waals surface area contributed by atoms with Crippen LogP contribution in [0.3, 0.4) is 0 Å². The minimum Gasteiger partial charge on any atom is -0.462 e. The van der Waals surface area contributed by atoms with Crippen LogP contribution in [0.5, 0.6) is 0 Å². The van der Waals surface area contributed by atoms with E-state index in [0.29, 0.717) is 12.8 Å². The number of hydrogen-bond donors (Lipinski definition) is 6. The van der Waals surface area contributed by atoms with Crippen LogP contribution < -0.4 is 0 Å². The van der Waals surface area contributed by atoms with Crippen LogP contribution in [-0.4, -0.2) is 98.3 Å². The summed E-state index contributed by atoms with van der Waals surface area (Å²) >= 11 is 0.